The monoisotopic (exact) mass is 387 g/mol. The first-order chi connectivity index (χ1) is 11.3. The summed E-state index contributed by atoms with van der Waals surface area (Å²) in [5.74, 6) is -0.358. The van der Waals surface area contributed by atoms with Gasteiger partial charge in [0.2, 0.25) is 0 Å². The van der Waals surface area contributed by atoms with Crippen LogP contribution in [0.2, 0.25) is 15.1 Å². The third-order valence-electron chi connectivity index (χ3n) is 2.76. The van der Waals surface area contributed by atoms with E-state index in [1.165, 1.54) is 26.0 Å². The molecule has 8 heteroatoms. The first kappa shape index (κ1) is 18.4. The molecule has 24 heavy (non-hydrogen) atoms. The average Bonchev–Trinajstić information content (AvgIpc) is 2.49. The van der Waals surface area contributed by atoms with Gasteiger partial charge in [0, 0.05) is 18.9 Å². The molecule has 0 aromatic heterocycles. The summed E-state index contributed by atoms with van der Waals surface area (Å²) in [7, 11) is 0. The highest BCUT2D eigenvalue weighted by molar-refractivity contribution is 6.40. The fraction of sp³-hybridized carbons (Fsp3) is 0.125. The van der Waals surface area contributed by atoms with Crippen molar-refractivity contribution in [1.29, 1.82) is 0 Å². The highest BCUT2D eigenvalue weighted by Crippen LogP contribution is 2.38. The van der Waals surface area contributed by atoms with Gasteiger partial charge in [-0.05, 0) is 36.4 Å². The van der Waals surface area contributed by atoms with Crippen LogP contribution in [0.4, 0.5) is 5.69 Å². The molecule has 0 N–H and O–H groups in total. The predicted molar refractivity (Wildman–Crippen MR) is 92.9 cm³/mol. The summed E-state index contributed by atoms with van der Waals surface area (Å²) < 4.78 is 5.64. The second-order valence-electron chi connectivity index (χ2n) is 4.69. The molecule has 0 fully saturated rings. The molecule has 0 aliphatic carbocycles. The van der Waals surface area contributed by atoms with Crippen LogP contribution in [0.1, 0.15) is 13.8 Å². The largest absolute Gasteiger partial charge is 0.454 e. The first-order valence-electron chi connectivity index (χ1n) is 6.69. The number of carbonyl (C=O) groups excluding carboxylic acids is 2. The van der Waals surface area contributed by atoms with E-state index in [0.29, 0.717) is 16.5 Å². The normalized spacial score (nSPS) is 10.2. The zero-order valence-corrected chi connectivity index (χ0v) is 14.9. The molecule has 0 saturated carbocycles. The lowest BCUT2D eigenvalue weighted by atomic mass is 10.3. The SMILES string of the molecule is CC(=O)ON(C(C)=O)c1ccc(Oc2c(Cl)cc(Cl)cc2Cl)cc1. The van der Waals surface area contributed by atoms with Crippen molar-refractivity contribution in [1.82, 2.24) is 0 Å². The van der Waals surface area contributed by atoms with Gasteiger partial charge in [0.25, 0.3) is 5.91 Å². The van der Waals surface area contributed by atoms with E-state index in [2.05, 4.69) is 0 Å². The Bertz CT molecular complexity index is 754. The topological polar surface area (TPSA) is 55.8 Å². The lowest BCUT2D eigenvalue weighted by Crippen LogP contribution is -2.30. The number of halogens is 3. The number of hydrogen-bond donors (Lipinski definition) is 0. The first-order valence-corrected chi connectivity index (χ1v) is 7.83. The molecule has 0 aliphatic heterocycles. The van der Waals surface area contributed by atoms with Crippen LogP contribution in [-0.2, 0) is 14.4 Å². The van der Waals surface area contributed by atoms with Crippen molar-refractivity contribution >= 4 is 52.4 Å². The molecule has 0 unspecified atom stereocenters. The van der Waals surface area contributed by atoms with Gasteiger partial charge < -0.3 is 9.57 Å². The van der Waals surface area contributed by atoms with Crippen LogP contribution >= 0.6 is 34.8 Å². The van der Waals surface area contributed by atoms with Gasteiger partial charge in [-0.3, -0.25) is 4.79 Å². The minimum Gasteiger partial charge on any atom is -0.454 e. The van der Waals surface area contributed by atoms with E-state index in [1.807, 2.05) is 0 Å². The van der Waals surface area contributed by atoms with Gasteiger partial charge in [-0.15, -0.1) is 5.06 Å². The molecule has 0 spiro atoms. The van der Waals surface area contributed by atoms with Gasteiger partial charge in [-0.2, -0.15) is 0 Å². The molecule has 2 aromatic rings. The fourth-order valence-electron chi connectivity index (χ4n) is 1.82. The number of rotatable bonds is 3. The van der Waals surface area contributed by atoms with E-state index in [0.717, 1.165) is 5.06 Å². The minimum atomic E-state index is -0.606. The number of benzene rings is 2. The second kappa shape index (κ2) is 7.75. The van der Waals surface area contributed by atoms with Crippen LogP contribution < -0.4 is 9.80 Å². The third kappa shape index (κ3) is 4.54. The van der Waals surface area contributed by atoms with Gasteiger partial charge >= 0.3 is 5.97 Å². The van der Waals surface area contributed by atoms with E-state index in [9.17, 15) is 9.59 Å². The average molecular weight is 389 g/mol. The Kier molecular flexibility index (Phi) is 5.94. The van der Waals surface area contributed by atoms with E-state index in [-0.39, 0.29) is 15.8 Å². The maximum atomic E-state index is 11.5. The second-order valence-corrected chi connectivity index (χ2v) is 5.94. The summed E-state index contributed by atoms with van der Waals surface area (Å²) in [5.41, 5.74) is 0.373. The Hall–Kier alpha value is -1.95. The van der Waals surface area contributed by atoms with Crippen molar-refractivity contribution in [3.8, 4) is 11.5 Å². The van der Waals surface area contributed by atoms with E-state index in [1.54, 1.807) is 24.3 Å². The van der Waals surface area contributed by atoms with Crippen LogP contribution in [0.3, 0.4) is 0 Å². The minimum absolute atomic E-state index is 0.263. The summed E-state index contributed by atoms with van der Waals surface area (Å²) in [5, 5.41) is 1.81. The molecule has 1 amide bonds. The van der Waals surface area contributed by atoms with E-state index >= 15 is 0 Å². The molecule has 5 nitrogen and oxygen atoms in total. The number of nitrogens with zero attached hydrogens (tertiary/aromatic N) is 1. The molecule has 0 radical (unpaired) electrons. The van der Waals surface area contributed by atoms with Gasteiger partial charge in [0.15, 0.2) is 5.75 Å². The van der Waals surface area contributed by atoms with E-state index < -0.39 is 11.9 Å². The van der Waals surface area contributed by atoms with Crippen molar-refractivity contribution in [2.45, 2.75) is 13.8 Å². The Morgan fingerprint density at radius 3 is 1.96 bits per heavy atom. The van der Waals surface area contributed by atoms with Crippen molar-refractivity contribution in [2.75, 3.05) is 5.06 Å². The zero-order chi connectivity index (χ0) is 17.9. The van der Waals surface area contributed by atoms with Crippen LogP contribution in [0.25, 0.3) is 0 Å². The number of anilines is 1. The smallest absolute Gasteiger partial charge is 0.330 e. The fourth-order valence-corrected chi connectivity index (χ4v) is 2.72. The number of hydroxylamine groups is 1. The van der Waals surface area contributed by atoms with Crippen LogP contribution in [-0.4, -0.2) is 11.9 Å². The molecule has 0 heterocycles. The molecule has 0 aliphatic rings. The summed E-state index contributed by atoms with van der Waals surface area (Å²) >= 11 is 18.0. The van der Waals surface area contributed by atoms with Gasteiger partial charge in [0.1, 0.15) is 5.75 Å². The zero-order valence-electron chi connectivity index (χ0n) is 12.7. The lowest BCUT2D eigenvalue weighted by Gasteiger charge is -2.19. The van der Waals surface area contributed by atoms with Gasteiger partial charge in [-0.25, -0.2) is 4.79 Å². The highest BCUT2D eigenvalue weighted by atomic mass is 35.5. The Labute approximate surface area is 153 Å². The molecule has 0 saturated heterocycles. The highest BCUT2D eigenvalue weighted by Gasteiger charge is 2.16. The Balaban J connectivity index is 2.23. The van der Waals surface area contributed by atoms with Crippen LogP contribution in [0.15, 0.2) is 36.4 Å². The van der Waals surface area contributed by atoms with Crippen LogP contribution in [0, 0.1) is 0 Å². The quantitative estimate of drug-likeness (QED) is 0.672. The standard InChI is InChI=1S/C16H12Cl3NO4/c1-9(21)20(24-10(2)22)12-3-5-13(6-4-12)23-16-14(18)7-11(17)8-15(16)19/h3-8H,1-2H3. The number of ether oxygens (including phenoxy) is 1. The summed E-state index contributed by atoms with van der Waals surface area (Å²) in [6.45, 7) is 2.48. The predicted octanol–water partition coefficient (Wildman–Crippen LogP) is 5.27. The third-order valence-corrected chi connectivity index (χ3v) is 3.54. The van der Waals surface area contributed by atoms with Crippen LogP contribution in [0.5, 0.6) is 11.5 Å². The number of amides is 1. The van der Waals surface area contributed by atoms with Gasteiger partial charge in [-0.1, -0.05) is 34.8 Å². The maximum Gasteiger partial charge on any atom is 0.330 e. The van der Waals surface area contributed by atoms with Crippen molar-refractivity contribution in [2.24, 2.45) is 0 Å². The van der Waals surface area contributed by atoms with Crippen molar-refractivity contribution in [3.05, 3.63) is 51.5 Å². The lowest BCUT2D eigenvalue weighted by molar-refractivity contribution is -0.147. The van der Waals surface area contributed by atoms with Gasteiger partial charge in [0.05, 0.1) is 15.7 Å². The molecule has 2 aromatic carbocycles. The number of carbonyl (C=O) groups is 2. The summed E-state index contributed by atoms with van der Waals surface area (Å²) in [6, 6.07) is 9.29. The van der Waals surface area contributed by atoms with Crippen molar-refractivity contribution < 1.29 is 19.2 Å². The molecular weight excluding hydrogens is 377 g/mol. The molecule has 126 valence electrons. The molecule has 0 atom stereocenters. The van der Waals surface area contributed by atoms with Crippen molar-refractivity contribution in [3.63, 3.8) is 0 Å². The van der Waals surface area contributed by atoms with E-state index in [4.69, 9.17) is 44.4 Å². The molecule has 2 rings (SSSR count). The Morgan fingerprint density at radius 1 is 0.958 bits per heavy atom. The number of hydrogen-bond acceptors (Lipinski definition) is 4. The molecular formula is C16H12Cl3NO4. The Morgan fingerprint density at radius 2 is 1.50 bits per heavy atom. The molecule has 0 bridgehead atoms. The summed E-state index contributed by atoms with van der Waals surface area (Å²) in [6.07, 6.45) is 0. The maximum absolute atomic E-state index is 11.5. The summed E-state index contributed by atoms with van der Waals surface area (Å²) in [4.78, 5) is 27.5.